The molecule has 116 valence electrons. The molecule has 2 rings (SSSR count). The maximum absolute atomic E-state index is 12.0. The van der Waals surface area contributed by atoms with Crippen LogP contribution in [0.15, 0.2) is 22.7 Å². The summed E-state index contributed by atoms with van der Waals surface area (Å²) >= 11 is 9.25. The maximum atomic E-state index is 12.0. The minimum absolute atomic E-state index is 0.0256. The predicted molar refractivity (Wildman–Crippen MR) is 88.8 cm³/mol. The fraction of sp³-hybridized carbons (Fsp3) is 0.562. The van der Waals surface area contributed by atoms with Gasteiger partial charge >= 0.3 is 0 Å². The van der Waals surface area contributed by atoms with Crippen molar-refractivity contribution in [2.24, 2.45) is 11.8 Å². The minimum atomic E-state index is -0.0669. The van der Waals surface area contributed by atoms with E-state index in [0.29, 0.717) is 22.6 Å². The Morgan fingerprint density at radius 3 is 2.90 bits per heavy atom. The quantitative estimate of drug-likeness (QED) is 0.847. The molecule has 1 fully saturated rings. The summed E-state index contributed by atoms with van der Waals surface area (Å²) < 4.78 is 6.29. The van der Waals surface area contributed by atoms with E-state index in [1.165, 1.54) is 12.8 Å². The summed E-state index contributed by atoms with van der Waals surface area (Å²) in [5, 5.41) is 3.72. The molecule has 0 heterocycles. The van der Waals surface area contributed by atoms with Gasteiger partial charge in [0, 0.05) is 11.1 Å². The van der Waals surface area contributed by atoms with Crippen LogP contribution in [0, 0.1) is 11.8 Å². The Bertz CT molecular complexity index is 509. The maximum Gasteiger partial charge on any atom is 0.258 e. The zero-order chi connectivity index (χ0) is 15.4. The Morgan fingerprint density at radius 2 is 2.19 bits per heavy atom. The Morgan fingerprint density at radius 1 is 1.43 bits per heavy atom. The second kappa shape index (κ2) is 7.50. The third kappa shape index (κ3) is 4.62. The third-order valence-corrected chi connectivity index (χ3v) is 5.16. The van der Waals surface area contributed by atoms with Gasteiger partial charge in [0.15, 0.2) is 6.61 Å². The molecule has 21 heavy (non-hydrogen) atoms. The van der Waals surface area contributed by atoms with Crippen molar-refractivity contribution in [3.05, 3.63) is 27.7 Å². The molecular formula is C16H21BrClNO2. The monoisotopic (exact) mass is 373 g/mol. The van der Waals surface area contributed by atoms with Gasteiger partial charge < -0.3 is 10.1 Å². The molecule has 0 unspecified atom stereocenters. The Kier molecular flexibility index (Phi) is 5.94. The topological polar surface area (TPSA) is 38.3 Å². The molecule has 0 aliphatic heterocycles. The first-order valence-corrected chi connectivity index (χ1v) is 8.51. The van der Waals surface area contributed by atoms with Crippen LogP contribution >= 0.6 is 27.5 Å². The fourth-order valence-corrected chi connectivity index (χ4v) is 3.57. The largest absolute Gasteiger partial charge is 0.483 e. The summed E-state index contributed by atoms with van der Waals surface area (Å²) in [6.07, 6.45) is 3.49. The fourth-order valence-electron chi connectivity index (χ4n) is 2.77. The molecule has 1 aliphatic carbocycles. The van der Waals surface area contributed by atoms with Gasteiger partial charge in [-0.1, -0.05) is 38.3 Å². The summed E-state index contributed by atoms with van der Waals surface area (Å²) in [6, 6.07) is 5.51. The van der Waals surface area contributed by atoms with Gasteiger partial charge in [0.2, 0.25) is 0 Å². The highest BCUT2D eigenvalue weighted by Crippen LogP contribution is 2.30. The first-order chi connectivity index (χ1) is 9.97. The number of hydrogen-bond donors (Lipinski definition) is 1. The molecule has 5 heteroatoms. The van der Waals surface area contributed by atoms with Crippen LogP contribution in [0.25, 0.3) is 0 Å². The molecule has 3 atom stereocenters. The van der Waals surface area contributed by atoms with Gasteiger partial charge in [0.25, 0.3) is 5.91 Å². The van der Waals surface area contributed by atoms with E-state index < -0.39 is 0 Å². The summed E-state index contributed by atoms with van der Waals surface area (Å²) in [4.78, 5) is 12.0. The van der Waals surface area contributed by atoms with Crippen molar-refractivity contribution in [3.8, 4) is 5.75 Å². The van der Waals surface area contributed by atoms with Gasteiger partial charge in [0.1, 0.15) is 5.75 Å². The molecule has 0 aromatic heterocycles. The van der Waals surface area contributed by atoms with Crippen molar-refractivity contribution in [2.75, 3.05) is 6.61 Å². The smallest absolute Gasteiger partial charge is 0.258 e. The first-order valence-electron chi connectivity index (χ1n) is 7.34. The Labute approximate surface area is 139 Å². The lowest BCUT2D eigenvalue weighted by Gasteiger charge is -2.34. The summed E-state index contributed by atoms with van der Waals surface area (Å²) in [5.41, 5.74) is 0. The van der Waals surface area contributed by atoms with E-state index in [1.807, 2.05) is 0 Å². The van der Waals surface area contributed by atoms with Crippen molar-refractivity contribution >= 4 is 33.4 Å². The summed E-state index contributed by atoms with van der Waals surface area (Å²) in [7, 11) is 0. The number of carbonyl (C=O) groups excluding carboxylic acids is 1. The minimum Gasteiger partial charge on any atom is -0.483 e. The standard InChI is InChI=1S/C16H21BrClNO2/c1-10-4-3-5-14(11(10)2)19-16(20)9-21-15-7-6-12(18)8-13(15)17/h6-8,10-11,14H,3-5,9H2,1-2H3,(H,19,20)/t10-,11-,14-/m1/s1. The van der Waals surface area contributed by atoms with Crippen LogP contribution in [-0.4, -0.2) is 18.6 Å². The number of carbonyl (C=O) groups is 1. The van der Waals surface area contributed by atoms with Crippen LogP contribution in [0.1, 0.15) is 33.1 Å². The lowest BCUT2D eigenvalue weighted by Crippen LogP contribution is -2.45. The van der Waals surface area contributed by atoms with E-state index >= 15 is 0 Å². The second-order valence-electron chi connectivity index (χ2n) is 5.80. The Hall–Kier alpha value is -0.740. The van der Waals surface area contributed by atoms with Crippen LogP contribution in [0.4, 0.5) is 0 Å². The van der Waals surface area contributed by atoms with Gasteiger partial charge in [-0.2, -0.15) is 0 Å². The lowest BCUT2D eigenvalue weighted by molar-refractivity contribution is -0.124. The molecule has 1 saturated carbocycles. The molecule has 0 bridgehead atoms. The molecule has 1 aliphatic rings. The molecular weight excluding hydrogens is 354 g/mol. The van der Waals surface area contributed by atoms with Gasteiger partial charge in [0.05, 0.1) is 4.47 Å². The predicted octanol–water partition coefficient (Wildman–Crippen LogP) is 4.42. The molecule has 0 spiro atoms. The number of nitrogens with one attached hydrogen (secondary N) is 1. The number of ether oxygens (including phenoxy) is 1. The molecule has 1 aromatic carbocycles. The average Bonchev–Trinajstić information content (AvgIpc) is 2.43. The van der Waals surface area contributed by atoms with Gasteiger partial charge in [-0.15, -0.1) is 0 Å². The van der Waals surface area contributed by atoms with Crippen LogP contribution in [-0.2, 0) is 4.79 Å². The van der Waals surface area contributed by atoms with Crippen molar-refractivity contribution in [1.29, 1.82) is 0 Å². The van der Waals surface area contributed by atoms with Crippen LogP contribution in [0.5, 0.6) is 5.75 Å². The van der Waals surface area contributed by atoms with E-state index in [1.54, 1.807) is 18.2 Å². The van der Waals surface area contributed by atoms with Crippen LogP contribution < -0.4 is 10.1 Å². The second-order valence-corrected chi connectivity index (χ2v) is 7.10. The zero-order valence-corrected chi connectivity index (χ0v) is 14.7. The molecule has 0 saturated heterocycles. The van der Waals surface area contributed by atoms with E-state index in [2.05, 4.69) is 35.1 Å². The van der Waals surface area contributed by atoms with Crippen molar-refractivity contribution in [2.45, 2.75) is 39.2 Å². The number of halogens is 2. The molecule has 0 radical (unpaired) electrons. The van der Waals surface area contributed by atoms with Gasteiger partial charge in [-0.3, -0.25) is 4.79 Å². The molecule has 3 nitrogen and oxygen atoms in total. The molecule has 1 amide bonds. The van der Waals surface area contributed by atoms with E-state index in [9.17, 15) is 4.79 Å². The molecule has 1 aromatic rings. The summed E-state index contributed by atoms with van der Waals surface area (Å²) in [5.74, 6) is 1.74. The Balaban J connectivity index is 1.84. The van der Waals surface area contributed by atoms with Crippen LogP contribution in [0.3, 0.4) is 0 Å². The van der Waals surface area contributed by atoms with E-state index in [-0.39, 0.29) is 18.6 Å². The van der Waals surface area contributed by atoms with Crippen molar-refractivity contribution in [3.63, 3.8) is 0 Å². The highest BCUT2D eigenvalue weighted by atomic mass is 79.9. The first kappa shape index (κ1) is 16.6. The highest BCUT2D eigenvalue weighted by Gasteiger charge is 2.28. The van der Waals surface area contributed by atoms with Gasteiger partial charge in [-0.25, -0.2) is 0 Å². The lowest BCUT2D eigenvalue weighted by atomic mass is 9.78. The number of benzene rings is 1. The number of hydrogen-bond acceptors (Lipinski definition) is 2. The summed E-state index contributed by atoms with van der Waals surface area (Å²) in [6.45, 7) is 4.49. The van der Waals surface area contributed by atoms with Crippen molar-refractivity contribution < 1.29 is 9.53 Å². The van der Waals surface area contributed by atoms with E-state index in [4.69, 9.17) is 16.3 Å². The SMILES string of the molecule is C[C@@H]1[C@H](C)CCC[C@H]1NC(=O)COc1ccc(Cl)cc1Br. The van der Waals surface area contributed by atoms with E-state index in [0.717, 1.165) is 10.9 Å². The normalized spacial score (nSPS) is 25.4. The highest BCUT2D eigenvalue weighted by molar-refractivity contribution is 9.10. The number of amides is 1. The zero-order valence-electron chi connectivity index (χ0n) is 12.4. The van der Waals surface area contributed by atoms with Crippen LogP contribution in [0.2, 0.25) is 5.02 Å². The third-order valence-electron chi connectivity index (χ3n) is 4.31. The van der Waals surface area contributed by atoms with Crippen molar-refractivity contribution in [1.82, 2.24) is 5.32 Å². The number of rotatable bonds is 4. The van der Waals surface area contributed by atoms with Gasteiger partial charge in [-0.05, 0) is 52.4 Å². The molecule has 1 N–H and O–H groups in total. The average molecular weight is 375 g/mol.